The van der Waals surface area contributed by atoms with Gasteiger partial charge in [0.25, 0.3) is 0 Å². The normalized spacial score (nSPS) is 18.3. The maximum atomic E-state index is 11.8. The Morgan fingerprint density at radius 3 is 1.22 bits per heavy atom. The molecule has 124 valence electrons. The molecule has 0 N–H and O–H groups in total. The number of imide groups is 6. The lowest BCUT2D eigenvalue weighted by atomic mass is 10.1. The Labute approximate surface area is 132 Å². The number of carbonyl (C=O) groups is 6. The molecule has 0 unspecified atom stereocenters. The van der Waals surface area contributed by atoms with Gasteiger partial charge in [0.15, 0.2) is 0 Å². The van der Waals surface area contributed by atoms with Gasteiger partial charge in [-0.25, -0.2) is 9.80 Å². The van der Waals surface area contributed by atoms with Gasteiger partial charge in [0, 0.05) is 38.5 Å². The molecule has 0 atom stereocenters. The van der Waals surface area contributed by atoms with E-state index in [-0.39, 0.29) is 38.5 Å². The van der Waals surface area contributed by atoms with Crippen molar-refractivity contribution in [3.05, 3.63) is 0 Å². The van der Waals surface area contributed by atoms with Crippen molar-refractivity contribution in [2.45, 2.75) is 57.8 Å². The molecule has 0 aliphatic carbocycles. The van der Waals surface area contributed by atoms with Crippen LogP contribution in [0.5, 0.6) is 0 Å². The van der Waals surface area contributed by atoms with Gasteiger partial charge in [-0.2, -0.15) is 0 Å². The summed E-state index contributed by atoms with van der Waals surface area (Å²) in [5.41, 5.74) is 0. The fraction of sp³-hybridized carbons (Fsp3) is 0.600. The number of hydrogen-bond donors (Lipinski definition) is 0. The quantitative estimate of drug-likeness (QED) is 0.513. The topological polar surface area (TPSA) is 109 Å². The Morgan fingerprint density at radius 1 is 0.609 bits per heavy atom. The predicted octanol–water partition coefficient (Wildman–Crippen LogP) is 0.288. The van der Waals surface area contributed by atoms with Crippen molar-refractivity contribution < 1.29 is 28.8 Å². The van der Waals surface area contributed by atoms with E-state index in [0.29, 0.717) is 29.1 Å². The summed E-state index contributed by atoms with van der Waals surface area (Å²) in [5, 5.41) is 0. The van der Waals surface area contributed by atoms with E-state index in [2.05, 4.69) is 0 Å². The molecule has 2 fully saturated rings. The number of nitrogens with zero attached hydrogens (tertiary/aromatic N) is 2. The van der Waals surface area contributed by atoms with Crippen LogP contribution >= 0.6 is 0 Å². The first kappa shape index (κ1) is 17.0. The van der Waals surface area contributed by atoms with Crippen molar-refractivity contribution in [2.24, 2.45) is 0 Å². The predicted molar refractivity (Wildman–Crippen MR) is 75.3 cm³/mol. The van der Waals surface area contributed by atoms with Crippen LogP contribution in [0.1, 0.15) is 57.8 Å². The van der Waals surface area contributed by atoms with Crippen molar-refractivity contribution in [1.82, 2.24) is 9.80 Å². The summed E-state index contributed by atoms with van der Waals surface area (Å²) in [5.74, 6) is -2.84. The minimum atomic E-state index is -0.506. The average Bonchev–Trinajstić information content (AvgIpc) is 3.00. The Hall–Kier alpha value is -2.38. The van der Waals surface area contributed by atoms with Crippen LogP contribution < -0.4 is 0 Å². The summed E-state index contributed by atoms with van der Waals surface area (Å²) in [6.07, 6.45) is 1.85. The number of unbranched alkanes of at least 4 members (excludes halogenated alkanes) is 2. The number of hydrogen-bond acceptors (Lipinski definition) is 6. The van der Waals surface area contributed by atoms with Gasteiger partial charge in [0.05, 0.1) is 0 Å². The number of likely N-dealkylation sites (tertiary alicyclic amines) is 2. The van der Waals surface area contributed by atoms with Crippen molar-refractivity contribution in [3.63, 3.8) is 0 Å². The van der Waals surface area contributed by atoms with Gasteiger partial charge < -0.3 is 0 Å². The van der Waals surface area contributed by atoms with Crippen LogP contribution in [0.3, 0.4) is 0 Å². The van der Waals surface area contributed by atoms with Crippen molar-refractivity contribution in [1.29, 1.82) is 0 Å². The standard InChI is InChI=1S/C15H18N2O6/c18-10(16-12(20)6-7-13(16)21)4-2-1-3-5-11(19)17-14(22)8-9-15(17)23/h1-9H2. The summed E-state index contributed by atoms with van der Waals surface area (Å²) in [6, 6.07) is 0. The highest BCUT2D eigenvalue weighted by atomic mass is 16.2. The van der Waals surface area contributed by atoms with E-state index in [1.54, 1.807) is 0 Å². The lowest BCUT2D eigenvalue weighted by Crippen LogP contribution is -2.35. The molecule has 0 saturated carbocycles. The van der Waals surface area contributed by atoms with Crippen LogP contribution in [0.4, 0.5) is 0 Å². The lowest BCUT2D eigenvalue weighted by Gasteiger charge is -2.12. The van der Waals surface area contributed by atoms with Crippen molar-refractivity contribution >= 4 is 35.4 Å². The van der Waals surface area contributed by atoms with Gasteiger partial charge in [0.2, 0.25) is 35.4 Å². The molecule has 2 saturated heterocycles. The highest BCUT2D eigenvalue weighted by Gasteiger charge is 2.34. The number of amides is 6. The van der Waals surface area contributed by atoms with Gasteiger partial charge in [-0.05, 0) is 12.8 Å². The molecule has 8 nitrogen and oxygen atoms in total. The molecular weight excluding hydrogens is 304 g/mol. The van der Waals surface area contributed by atoms with E-state index in [1.807, 2.05) is 0 Å². The highest BCUT2D eigenvalue weighted by molar-refractivity contribution is 6.15. The molecule has 2 aliphatic heterocycles. The smallest absolute Gasteiger partial charge is 0.236 e. The molecule has 0 bridgehead atoms. The third-order valence-electron chi connectivity index (χ3n) is 3.88. The van der Waals surface area contributed by atoms with Crippen molar-refractivity contribution in [2.75, 3.05) is 0 Å². The second-order valence-corrected chi connectivity index (χ2v) is 5.59. The zero-order chi connectivity index (χ0) is 17.0. The Morgan fingerprint density at radius 2 is 0.913 bits per heavy atom. The molecular formula is C15H18N2O6. The third-order valence-corrected chi connectivity index (χ3v) is 3.88. The van der Waals surface area contributed by atoms with Gasteiger partial charge >= 0.3 is 0 Å². The molecule has 6 amide bonds. The fourth-order valence-corrected chi connectivity index (χ4v) is 2.66. The second kappa shape index (κ2) is 7.26. The molecule has 2 heterocycles. The fourth-order valence-electron chi connectivity index (χ4n) is 2.66. The Bertz CT molecular complexity index is 501. The lowest BCUT2D eigenvalue weighted by molar-refractivity contribution is -0.151. The first-order valence-electron chi connectivity index (χ1n) is 7.69. The van der Waals surface area contributed by atoms with Gasteiger partial charge in [-0.1, -0.05) is 6.42 Å². The van der Waals surface area contributed by atoms with E-state index in [9.17, 15) is 28.8 Å². The molecule has 23 heavy (non-hydrogen) atoms. The monoisotopic (exact) mass is 322 g/mol. The molecule has 0 aromatic rings. The minimum Gasteiger partial charge on any atom is -0.274 e. The van der Waals surface area contributed by atoms with Crippen LogP contribution in [0.2, 0.25) is 0 Å². The van der Waals surface area contributed by atoms with Gasteiger partial charge in [0.1, 0.15) is 0 Å². The maximum Gasteiger partial charge on any atom is 0.236 e. The van der Waals surface area contributed by atoms with Gasteiger partial charge in [-0.15, -0.1) is 0 Å². The Kier molecular flexibility index (Phi) is 5.36. The molecule has 8 heteroatoms. The molecule has 0 spiro atoms. The van der Waals surface area contributed by atoms with Crippen LogP contribution in [-0.4, -0.2) is 45.2 Å². The van der Waals surface area contributed by atoms with Crippen LogP contribution in [0.25, 0.3) is 0 Å². The van der Waals surface area contributed by atoms with E-state index in [4.69, 9.17) is 0 Å². The molecule has 0 radical (unpaired) electrons. The number of rotatable bonds is 6. The zero-order valence-corrected chi connectivity index (χ0v) is 12.7. The third kappa shape index (κ3) is 3.88. The SMILES string of the molecule is O=C(CCCCCC(=O)N1C(=O)CCC1=O)N1C(=O)CCC1=O. The molecule has 2 aliphatic rings. The molecule has 0 aromatic heterocycles. The first-order chi connectivity index (χ1) is 10.9. The number of carbonyl (C=O) groups excluding carboxylic acids is 6. The summed E-state index contributed by atoms with van der Waals surface area (Å²) in [6.45, 7) is 0. The van der Waals surface area contributed by atoms with E-state index >= 15 is 0 Å². The average molecular weight is 322 g/mol. The summed E-state index contributed by atoms with van der Waals surface area (Å²) in [7, 11) is 0. The highest BCUT2D eigenvalue weighted by Crippen LogP contribution is 2.17. The van der Waals surface area contributed by atoms with E-state index in [0.717, 1.165) is 0 Å². The summed E-state index contributed by atoms with van der Waals surface area (Å²) in [4.78, 5) is 70.5. The molecule has 2 rings (SSSR count). The summed E-state index contributed by atoms with van der Waals surface area (Å²) < 4.78 is 0. The first-order valence-corrected chi connectivity index (χ1v) is 7.69. The van der Waals surface area contributed by atoms with Crippen LogP contribution in [-0.2, 0) is 28.8 Å². The van der Waals surface area contributed by atoms with Crippen LogP contribution in [0, 0.1) is 0 Å². The van der Waals surface area contributed by atoms with Crippen LogP contribution in [0.15, 0.2) is 0 Å². The summed E-state index contributed by atoms with van der Waals surface area (Å²) >= 11 is 0. The van der Waals surface area contributed by atoms with E-state index < -0.39 is 35.4 Å². The van der Waals surface area contributed by atoms with Crippen molar-refractivity contribution in [3.8, 4) is 0 Å². The van der Waals surface area contributed by atoms with E-state index in [1.165, 1.54) is 0 Å². The second-order valence-electron chi connectivity index (χ2n) is 5.59. The largest absolute Gasteiger partial charge is 0.274 e. The Balaban J connectivity index is 1.66. The maximum absolute atomic E-state index is 11.8. The van der Waals surface area contributed by atoms with Gasteiger partial charge in [-0.3, -0.25) is 28.8 Å². The molecule has 0 aromatic carbocycles. The minimum absolute atomic E-state index is 0.0627. The zero-order valence-electron chi connectivity index (χ0n) is 12.7.